The van der Waals surface area contributed by atoms with E-state index < -0.39 is 0 Å². The van der Waals surface area contributed by atoms with Gasteiger partial charge in [0.2, 0.25) is 0 Å². The highest BCUT2D eigenvalue weighted by atomic mass is 16.5. The van der Waals surface area contributed by atoms with Gasteiger partial charge < -0.3 is 15.6 Å². The van der Waals surface area contributed by atoms with E-state index in [1.54, 1.807) is 12.4 Å². The fraction of sp³-hybridized carbons (Fsp3) is 0.222. The van der Waals surface area contributed by atoms with Gasteiger partial charge >= 0.3 is 0 Å². The SMILES string of the molecule is CC(C)Nc1cncc(C2=CCc3ccc(-c4nc(N)no4)cc32)n1. The van der Waals surface area contributed by atoms with Crippen molar-refractivity contribution in [3.8, 4) is 11.5 Å². The zero-order valence-electron chi connectivity index (χ0n) is 14.0. The van der Waals surface area contributed by atoms with E-state index in [1.165, 1.54) is 5.56 Å². The number of rotatable bonds is 4. The van der Waals surface area contributed by atoms with Crippen molar-refractivity contribution in [3.63, 3.8) is 0 Å². The molecule has 0 amide bonds. The van der Waals surface area contributed by atoms with Crippen molar-refractivity contribution in [1.82, 2.24) is 20.1 Å². The largest absolute Gasteiger partial charge is 0.367 e. The predicted octanol–water partition coefficient (Wildman–Crippen LogP) is 2.92. The van der Waals surface area contributed by atoms with Crippen LogP contribution in [-0.4, -0.2) is 26.2 Å². The summed E-state index contributed by atoms with van der Waals surface area (Å²) in [4.78, 5) is 13.1. The number of nitrogens with two attached hydrogens (primary N) is 1. The molecule has 1 aliphatic rings. The van der Waals surface area contributed by atoms with Crippen LogP contribution in [0, 0.1) is 0 Å². The summed E-state index contributed by atoms with van der Waals surface area (Å²) >= 11 is 0. The first-order chi connectivity index (χ1) is 12.1. The molecule has 126 valence electrons. The number of hydrogen-bond donors (Lipinski definition) is 2. The van der Waals surface area contributed by atoms with Gasteiger partial charge in [0.1, 0.15) is 5.82 Å². The molecule has 0 atom stereocenters. The van der Waals surface area contributed by atoms with Crippen LogP contribution in [0.1, 0.15) is 30.7 Å². The van der Waals surface area contributed by atoms with Crippen molar-refractivity contribution in [1.29, 1.82) is 0 Å². The molecule has 0 saturated heterocycles. The smallest absolute Gasteiger partial charge is 0.261 e. The number of aromatic nitrogens is 4. The molecule has 1 aliphatic carbocycles. The number of nitrogen functional groups attached to an aromatic ring is 1. The molecule has 0 unspecified atom stereocenters. The third kappa shape index (κ3) is 2.96. The molecular weight excluding hydrogens is 316 g/mol. The Morgan fingerprint density at radius 2 is 2.08 bits per heavy atom. The van der Waals surface area contributed by atoms with Crippen molar-refractivity contribution in [2.24, 2.45) is 0 Å². The van der Waals surface area contributed by atoms with Crippen LogP contribution in [0.5, 0.6) is 0 Å². The van der Waals surface area contributed by atoms with Gasteiger partial charge in [-0.05, 0) is 48.7 Å². The second kappa shape index (κ2) is 6.01. The summed E-state index contributed by atoms with van der Waals surface area (Å²) in [5, 5.41) is 6.93. The van der Waals surface area contributed by atoms with Crippen LogP contribution < -0.4 is 11.1 Å². The van der Waals surface area contributed by atoms with Crippen molar-refractivity contribution in [2.45, 2.75) is 26.3 Å². The second-order valence-electron chi connectivity index (χ2n) is 6.24. The Balaban J connectivity index is 1.71. The van der Waals surface area contributed by atoms with Crippen LogP contribution in [0.15, 0.2) is 41.2 Å². The lowest BCUT2D eigenvalue weighted by atomic mass is 10.0. The quantitative estimate of drug-likeness (QED) is 0.756. The maximum Gasteiger partial charge on any atom is 0.261 e. The first kappa shape index (κ1) is 15.3. The molecule has 4 rings (SSSR count). The van der Waals surface area contributed by atoms with E-state index in [2.05, 4.69) is 51.4 Å². The number of benzene rings is 1. The summed E-state index contributed by atoms with van der Waals surface area (Å²) in [5.41, 5.74) is 10.6. The molecule has 1 aromatic carbocycles. The van der Waals surface area contributed by atoms with Crippen LogP contribution in [0.3, 0.4) is 0 Å². The van der Waals surface area contributed by atoms with Crippen LogP contribution in [0.25, 0.3) is 17.0 Å². The molecule has 25 heavy (non-hydrogen) atoms. The maximum absolute atomic E-state index is 5.55. The molecule has 0 fully saturated rings. The number of fused-ring (bicyclic) bond motifs is 1. The van der Waals surface area contributed by atoms with Gasteiger partial charge in [0.25, 0.3) is 11.8 Å². The Morgan fingerprint density at radius 1 is 1.20 bits per heavy atom. The molecule has 2 aromatic heterocycles. The van der Waals surface area contributed by atoms with E-state index in [9.17, 15) is 0 Å². The molecule has 0 aliphatic heterocycles. The molecule has 0 spiro atoms. The number of nitrogens with one attached hydrogen (secondary N) is 1. The first-order valence-electron chi connectivity index (χ1n) is 8.12. The number of nitrogens with zero attached hydrogens (tertiary/aromatic N) is 4. The zero-order valence-corrected chi connectivity index (χ0v) is 14.0. The molecule has 3 aromatic rings. The van der Waals surface area contributed by atoms with Gasteiger partial charge in [0.05, 0.1) is 18.1 Å². The topological polar surface area (TPSA) is 103 Å². The summed E-state index contributed by atoms with van der Waals surface area (Å²) in [5.74, 6) is 1.31. The lowest BCUT2D eigenvalue weighted by Crippen LogP contribution is -2.11. The third-order valence-corrected chi connectivity index (χ3v) is 3.96. The van der Waals surface area contributed by atoms with Gasteiger partial charge in [-0.2, -0.15) is 4.98 Å². The Labute approximate surface area is 145 Å². The molecule has 7 heteroatoms. The van der Waals surface area contributed by atoms with E-state index in [0.717, 1.165) is 34.6 Å². The lowest BCUT2D eigenvalue weighted by molar-refractivity contribution is 0.433. The normalized spacial score (nSPS) is 13.0. The fourth-order valence-electron chi connectivity index (χ4n) is 2.92. The van der Waals surface area contributed by atoms with E-state index in [0.29, 0.717) is 11.9 Å². The van der Waals surface area contributed by atoms with Crippen molar-refractivity contribution in [2.75, 3.05) is 11.1 Å². The third-order valence-electron chi connectivity index (χ3n) is 3.96. The fourth-order valence-corrected chi connectivity index (χ4v) is 2.92. The second-order valence-corrected chi connectivity index (χ2v) is 6.24. The number of anilines is 2. The first-order valence-corrected chi connectivity index (χ1v) is 8.12. The highest BCUT2D eigenvalue weighted by Gasteiger charge is 2.19. The van der Waals surface area contributed by atoms with E-state index in [1.807, 2.05) is 12.1 Å². The summed E-state index contributed by atoms with van der Waals surface area (Å²) in [6.45, 7) is 4.14. The average Bonchev–Trinajstić information content (AvgIpc) is 3.20. The Kier molecular flexibility index (Phi) is 3.68. The predicted molar refractivity (Wildman–Crippen MR) is 95.7 cm³/mol. The van der Waals surface area contributed by atoms with E-state index in [-0.39, 0.29) is 5.95 Å². The molecule has 0 saturated carbocycles. The molecule has 2 heterocycles. The summed E-state index contributed by atoms with van der Waals surface area (Å²) in [6, 6.07) is 6.36. The van der Waals surface area contributed by atoms with Crippen molar-refractivity contribution in [3.05, 3.63) is 53.5 Å². The van der Waals surface area contributed by atoms with Crippen molar-refractivity contribution >= 4 is 17.3 Å². The Morgan fingerprint density at radius 3 is 2.84 bits per heavy atom. The van der Waals surface area contributed by atoms with Crippen LogP contribution in [0.2, 0.25) is 0 Å². The molecule has 0 bridgehead atoms. The minimum atomic E-state index is 0.129. The standard InChI is InChI=1S/C18H18N6O/c1-10(2)21-16-9-20-8-15(22-16)13-6-5-11-3-4-12(7-14(11)13)17-23-18(19)24-25-17/h3-4,6-10H,5H2,1-2H3,(H2,19,24)(H,21,22). The Hall–Kier alpha value is -3.22. The zero-order chi connectivity index (χ0) is 17.4. The molecular formula is C18H18N6O. The average molecular weight is 334 g/mol. The van der Waals surface area contributed by atoms with E-state index >= 15 is 0 Å². The van der Waals surface area contributed by atoms with Gasteiger partial charge in [-0.15, -0.1) is 0 Å². The highest BCUT2D eigenvalue weighted by molar-refractivity contribution is 5.85. The van der Waals surface area contributed by atoms with Crippen molar-refractivity contribution < 1.29 is 4.52 Å². The van der Waals surface area contributed by atoms with Gasteiger partial charge in [0.15, 0.2) is 0 Å². The molecule has 3 N–H and O–H groups in total. The van der Waals surface area contributed by atoms with Crippen LogP contribution >= 0.6 is 0 Å². The number of allylic oxidation sites excluding steroid dienone is 1. The number of hydrogen-bond acceptors (Lipinski definition) is 7. The molecule has 0 radical (unpaired) electrons. The van der Waals surface area contributed by atoms with Gasteiger partial charge in [-0.25, -0.2) is 4.98 Å². The van der Waals surface area contributed by atoms with Crippen LogP contribution in [-0.2, 0) is 6.42 Å². The highest BCUT2D eigenvalue weighted by Crippen LogP contribution is 2.34. The molecule has 7 nitrogen and oxygen atoms in total. The summed E-state index contributed by atoms with van der Waals surface area (Å²) in [6.07, 6.45) is 6.54. The summed E-state index contributed by atoms with van der Waals surface area (Å²) < 4.78 is 5.17. The van der Waals surface area contributed by atoms with E-state index in [4.69, 9.17) is 10.3 Å². The Bertz CT molecular complexity index is 960. The minimum absolute atomic E-state index is 0.129. The summed E-state index contributed by atoms with van der Waals surface area (Å²) in [7, 11) is 0. The maximum atomic E-state index is 5.55. The minimum Gasteiger partial charge on any atom is -0.367 e. The van der Waals surface area contributed by atoms with Gasteiger partial charge in [-0.3, -0.25) is 4.98 Å². The van der Waals surface area contributed by atoms with Crippen LogP contribution in [0.4, 0.5) is 11.8 Å². The lowest BCUT2D eigenvalue weighted by Gasteiger charge is -2.11. The van der Waals surface area contributed by atoms with Gasteiger partial charge in [-0.1, -0.05) is 12.1 Å². The van der Waals surface area contributed by atoms with Gasteiger partial charge in [0, 0.05) is 17.2 Å². The monoisotopic (exact) mass is 334 g/mol.